The van der Waals surface area contributed by atoms with Crippen LogP contribution in [0.15, 0.2) is 10.5 Å². The molecule has 0 unspecified atom stereocenters. The van der Waals surface area contributed by atoms with E-state index in [0.717, 1.165) is 18.1 Å². The molecule has 0 radical (unpaired) electrons. The predicted molar refractivity (Wildman–Crippen MR) is 52.8 cm³/mol. The Labute approximate surface area is 79.3 Å². The second kappa shape index (κ2) is 3.54. The first-order chi connectivity index (χ1) is 6.27. The fraction of sp³-hybridized carbons (Fsp3) is 0.636. The minimum Gasteiger partial charge on any atom is -0.466 e. The molecule has 1 fully saturated rings. The largest absolute Gasteiger partial charge is 0.466 e. The van der Waals surface area contributed by atoms with Crippen molar-refractivity contribution < 1.29 is 4.42 Å². The van der Waals surface area contributed by atoms with Crippen LogP contribution in [0.4, 0.5) is 0 Å². The first-order valence-electron chi connectivity index (χ1n) is 5.07. The smallest absolute Gasteiger partial charge is 0.105 e. The van der Waals surface area contributed by atoms with Crippen LogP contribution in [-0.2, 0) is 0 Å². The van der Waals surface area contributed by atoms with Crippen LogP contribution in [0.2, 0.25) is 0 Å². The number of rotatable bonds is 1. The maximum absolute atomic E-state index is 5.53. The van der Waals surface area contributed by atoms with Crippen LogP contribution in [-0.4, -0.2) is 6.54 Å². The minimum atomic E-state index is 0.534. The molecule has 1 atom stereocenters. The summed E-state index contributed by atoms with van der Waals surface area (Å²) in [5.74, 6) is 2.11. The van der Waals surface area contributed by atoms with Gasteiger partial charge in [-0.3, -0.25) is 0 Å². The van der Waals surface area contributed by atoms with Gasteiger partial charge >= 0.3 is 0 Å². The third-order valence-corrected chi connectivity index (χ3v) is 2.77. The van der Waals surface area contributed by atoms with E-state index < -0.39 is 0 Å². The molecule has 2 rings (SSSR count). The Hall–Kier alpha value is -0.760. The Morgan fingerprint density at radius 1 is 1.38 bits per heavy atom. The highest BCUT2D eigenvalue weighted by molar-refractivity contribution is 5.24. The van der Waals surface area contributed by atoms with Crippen molar-refractivity contribution in [3.05, 3.63) is 23.2 Å². The summed E-state index contributed by atoms with van der Waals surface area (Å²) in [6.45, 7) is 5.21. The van der Waals surface area contributed by atoms with Crippen molar-refractivity contribution in [2.75, 3.05) is 6.54 Å². The van der Waals surface area contributed by atoms with Crippen LogP contribution in [0.3, 0.4) is 0 Å². The Kier molecular flexibility index (Phi) is 2.40. The molecular weight excluding hydrogens is 162 g/mol. The molecule has 1 saturated heterocycles. The summed E-state index contributed by atoms with van der Waals surface area (Å²) in [6.07, 6.45) is 3.90. The van der Waals surface area contributed by atoms with E-state index in [0.29, 0.717) is 6.04 Å². The molecule has 0 spiro atoms. The van der Waals surface area contributed by atoms with E-state index in [1.54, 1.807) is 0 Å². The number of hydrogen-bond donors (Lipinski definition) is 1. The Morgan fingerprint density at radius 2 is 2.23 bits per heavy atom. The molecule has 2 nitrogen and oxygen atoms in total. The molecule has 72 valence electrons. The zero-order chi connectivity index (χ0) is 9.26. The molecule has 1 aliphatic heterocycles. The molecular formula is C11H17NO. The van der Waals surface area contributed by atoms with Crippen molar-refractivity contribution in [2.45, 2.75) is 39.2 Å². The highest BCUT2D eigenvalue weighted by Gasteiger charge is 2.18. The van der Waals surface area contributed by atoms with Gasteiger partial charge in [0.1, 0.15) is 11.5 Å². The zero-order valence-electron chi connectivity index (χ0n) is 8.39. The average Bonchev–Trinajstić information content (AvgIpc) is 2.47. The summed E-state index contributed by atoms with van der Waals surface area (Å²) < 4.78 is 5.53. The normalized spacial score (nSPS) is 23.4. The van der Waals surface area contributed by atoms with Gasteiger partial charge < -0.3 is 9.73 Å². The van der Waals surface area contributed by atoms with E-state index in [4.69, 9.17) is 4.42 Å². The lowest BCUT2D eigenvalue weighted by Gasteiger charge is -2.22. The van der Waals surface area contributed by atoms with Crippen molar-refractivity contribution in [3.63, 3.8) is 0 Å². The Balaban J connectivity index is 2.18. The van der Waals surface area contributed by atoms with Crippen molar-refractivity contribution in [1.82, 2.24) is 5.32 Å². The van der Waals surface area contributed by atoms with Crippen LogP contribution in [0.1, 0.15) is 42.4 Å². The van der Waals surface area contributed by atoms with E-state index in [-0.39, 0.29) is 0 Å². The van der Waals surface area contributed by atoms with Gasteiger partial charge in [0.2, 0.25) is 0 Å². The second-order valence-electron chi connectivity index (χ2n) is 3.87. The second-order valence-corrected chi connectivity index (χ2v) is 3.87. The SMILES string of the molecule is Cc1cc([C@H]2CCCCN2)c(C)o1. The first kappa shape index (κ1) is 8.82. The highest BCUT2D eigenvalue weighted by atomic mass is 16.3. The third-order valence-electron chi connectivity index (χ3n) is 2.77. The van der Waals surface area contributed by atoms with Gasteiger partial charge in [-0.2, -0.15) is 0 Å². The summed E-state index contributed by atoms with van der Waals surface area (Å²) in [6, 6.07) is 2.70. The van der Waals surface area contributed by atoms with Crippen LogP contribution in [0, 0.1) is 13.8 Å². The van der Waals surface area contributed by atoms with Gasteiger partial charge in [0.05, 0.1) is 0 Å². The van der Waals surface area contributed by atoms with Crippen molar-refractivity contribution in [2.24, 2.45) is 0 Å². The first-order valence-corrected chi connectivity index (χ1v) is 5.07. The molecule has 1 aromatic heterocycles. The van der Waals surface area contributed by atoms with Gasteiger partial charge in [-0.05, 0) is 39.3 Å². The molecule has 1 N–H and O–H groups in total. The van der Waals surface area contributed by atoms with Crippen LogP contribution in [0.25, 0.3) is 0 Å². The van der Waals surface area contributed by atoms with E-state index in [2.05, 4.69) is 18.3 Å². The highest BCUT2D eigenvalue weighted by Crippen LogP contribution is 2.27. The van der Waals surface area contributed by atoms with Gasteiger partial charge in [0, 0.05) is 11.6 Å². The molecule has 0 aliphatic carbocycles. The summed E-state index contributed by atoms with van der Waals surface area (Å²) in [7, 11) is 0. The molecule has 1 aromatic rings. The van der Waals surface area contributed by atoms with Gasteiger partial charge in [-0.25, -0.2) is 0 Å². The Bertz CT molecular complexity index is 284. The summed E-state index contributed by atoms with van der Waals surface area (Å²) in [5, 5.41) is 3.53. The van der Waals surface area contributed by atoms with Crippen LogP contribution < -0.4 is 5.32 Å². The monoisotopic (exact) mass is 179 g/mol. The fourth-order valence-corrected chi connectivity index (χ4v) is 2.11. The number of aryl methyl sites for hydroxylation is 2. The van der Waals surface area contributed by atoms with Crippen molar-refractivity contribution in [1.29, 1.82) is 0 Å². The lowest BCUT2D eigenvalue weighted by atomic mass is 9.98. The number of furan rings is 1. The van der Waals surface area contributed by atoms with Crippen LogP contribution >= 0.6 is 0 Å². The topological polar surface area (TPSA) is 25.2 Å². The molecule has 0 aromatic carbocycles. The van der Waals surface area contributed by atoms with Gasteiger partial charge in [0.25, 0.3) is 0 Å². The average molecular weight is 179 g/mol. The standard InChI is InChI=1S/C11H17NO/c1-8-7-10(9(2)13-8)11-5-3-4-6-12-11/h7,11-12H,3-6H2,1-2H3/t11-/m1/s1. The molecule has 2 heterocycles. The summed E-state index contributed by atoms with van der Waals surface area (Å²) in [5.41, 5.74) is 1.36. The van der Waals surface area contributed by atoms with Crippen LogP contribution in [0.5, 0.6) is 0 Å². The molecule has 0 bridgehead atoms. The van der Waals surface area contributed by atoms with Gasteiger partial charge in [-0.1, -0.05) is 6.42 Å². The predicted octanol–water partition coefficient (Wildman–Crippen LogP) is 2.71. The molecule has 2 heteroatoms. The van der Waals surface area contributed by atoms with E-state index >= 15 is 0 Å². The minimum absolute atomic E-state index is 0.534. The maximum Gasteiger partial charge on any atom is 0.105 e. The van der Waals surface area contributed by atoms with E-state index in [1.807, 2.05) is 6.92 Å². The quantitative estimate of drug-likeness (QED) is 0.717. The number of piperidine rings is 1. The summed E-state index contributed by atoms with van der Waals surface area (Å²) >= 11 is 0. The van der Waals surface area contributed by atoms with E-state index in [9.17, 15) is 0 Å². The Morgan fingerprint density at radius 3 is 2.77 bits per heavy atom. The maximum atomic E-state index is 5.53. The zero-order valence-corrected chi connectivity index (χ0v) is 8.39. The molecule has 1 aliphatic rings. The summed E-state index contributed by atoms with van der Waals surface area (Å²) in [4.78, 5) is 0. The lowest BCUT2D eigenvalue weighted by Crippen LogP contribution is -2.26. The fourth-order valence-electron chi connectivity index (χ4n) is 2.11. The number of hydrogen-bond acceptors (Lipinski definition) is 2. The van der Waals surface area contributed by atoms with E-state index in [1.165, 1.54) is 24.8 Å². The third kappa shape index (κ3) is 1.78. The molecule has 0 saturated carbocycles. The van der Waals surface area contributed by atoms with Crippen molar-refractivity contribution in [3.8, 4) is 0 Å². The number of nitrogens with one attached hydrogen (secondary N) is 1. The molecule has 0 amide bonds. The molecule has 13 heavy (non-hydrogen) atoms. The van der Waals surface area contributed by atoms with Gasteiger partial charge in [-0.15, -0.1) is 0 Å². The lowest BCUT2D eigenvalue weighted by molar-refractivity contribution is 0.404. The van der Waals surface area contributed by atoms with Gasteiger partial charge in [0.15, 0.2) is 0 Å². The van der Waals surface area contributed by atoms with Crippen molar-refractivity contribution >= 4 is 0 Å².